The van der Waals surface area contributed by atoms with Gasteiger partial charge in [0.25, 0.3) is 0 Å². The molecule has 5 nitrogen and oxygen atoms in total. The van der Waals surface area contributed by atoms with E-state index in [1.54, 1.807) is 0 Å². The molecule has 2 amide bonds. The lowest BCUT2D eigenvalue weighted by Crippen LogP contribution is -2.61. The number of nitrogens with one attached hydrogen (secondary N) is 2. The maximum atomic E-state index is 12.2. The van der Waals surface area contributed by atoms with E-state index in [-0.39, 0.29) is 23.3 Å². The first kappa shape index (κ1) is 17.3. The molecule has 1 saturated carbocycles. The third kappa shape index (κ3) is 3.74. The molecule has 0 aromatic heterocycles. The van der Waals surface area contributed by atoms with Gasteiger partial charge in [-0.1, -0.05) is 12.5 Å². The molecule has 2 fully saturated rings. The Morgan fingerprint density at radius 3 is 2.92 bits per heavy atom. The number of carbonyl (C=O) groups is 2. The highest BCUT2D eigenvalue weighted by molar-refractivity contribution is 9.10. The van der Waals surface area contributed by atoms with E-state index in [4.69, 9.17) is 4.74 Å². The second kappa shape index (κ2) is 7.13. The zero-order valence-corrected chi connectivity index (χ0v) is 15.4. The van der Waals surface area contributed by atoms with E-state index in [0.717, 1.165) is 35.0 Å². The van der Waals surface area contributed by atoms with Crippen molar-refractivity contribution in [1.82, 2.24) is 10.6 Å². The molecule has 1 aliphatic heterocycles. The molecule has 6 heteroatoms. The number of rotatable bonds is 5. The van der Waals surface area contributed by atoms with E-state index in [1.807, 2.05) is 25.1 Å². The fourth-order valence-corrected chi connectivity index (χ4v) is 4.15. The molecule has 24 heavy (non-hydrogen) atoms. The first-order valence-electron chi connectivity index (χ1n) is 8.43. The Bertz CT molecular complexity index is 643. The quantitative estimate of drug-likeness (QED) is 0.806. The van der Waals surface area contributed by atoms with E-state index in [0.29, 0.717) is 26.0 Å². The monoisotopic (exact) mass is 394 g/mol. The normalized spacial score (nSPS) is 21.8. The average Bonchev–Trinajstić information content (AvgIpc) is 2.49. The summed E-state index contributed by atoms with van der Waals surface area (Å²) in [6.07, 6.45) is 4.03. The van der Waals surface area contributed by atoms with Crippen molar-refractivity contribution >= 4 is 27.7 Å². The maximum absolute atomic E-state index is 12.2. The van der Waals surface area contributed by atoms with Gasteiger partial charge < -0.3 is 15.4 Å². The van der Waals surface area contributed by atoms with E-state index in [1.165, 1.54) is 0 Å². The third-order valence-corrected chi connectivity index (χ3v) is 5.73. The van der Waals surface area contributed by atoms with E-state index < -0.39 is 0 Å². The van der Waals surface area contributed by atoms with Gasteiger partial charge in [0.2, 0.25) is 11.8 Å². The smallest absolute Gasteiger partial charge is 0.223 e. The Morgan fingerprint density at radius 1 is 1.46 bits per heavy atom. The fourth-order valence-electron chi connectivity index (χ4n) is 3.54. The van der Waals surface area contributed by atoms with Crippen molar-refractivity contribution < 1.29 is 14.3 Å². The van der Waals surface area contributed by atoms with Gasteiger partial charge in [-0.25, -0.2) is 0 Å². The van der Waals surface area contributed by atoms with Crippen molar-refractivity contribution in [1.29, 1.82) is 0 Å². The molecule has 0 radical (unpaired) electrons. The van der Waals surface area contributed by atoms with Crippen LogP contribution in [-0.2, 0) is 9.59 Å². The fraction of sp³-hybridized carbons (Fsp3) is 0.556. The highest BCUT2D eigenvalue weighted by Gasteiger charge is 2.48. The zero-order valence-electron chi connectivity index (χ0n) is 13.9. The van der Waals surface area contributed by atoms with Gasteiger partial charge in [0, 0.05) is 18.4 Å². The highest BCUT2D eigenvalue weighted by atomic mass is 79.9. The Kier molecular flexibility index (Phi) is 5.13. The summed E-state index contributed by atoms with van der Waals surface area (Å²) >= 11 is 3.47. The second-order valence-corrected chi connectivity index (χ2v) is 7.70. The van der Waals surface area contributed by atoms with Crippen LogP contribution in [0.4, 0.5) is 0 Å². The predicted octanol–water partition coefficient (Wildman–Crippen LogP) is 2.70. The van der Waals surface area contributed by atoms with Gasteiger partial charge in [-0.3, -0.25) is 9.59 Å². The Balaban J connectivity index is 1.48. The lowest BCUT2D eigenvalue weighted by atomic mass is 9.60. The minimum Gasteiger partial charge on any atom is -0.492 e. The lowest BCUT2D eigenvalue weighted by Gasteiger charge is -2.50. The van der Waals surface area contributed by atoms with E-state index >= 15 is 0 Å². The molecule has 1 atom stereocenters. The molecule has 2 aliphatic rings. The van der Waals surface area contributed by atoms with Crippen LogP contribution < -0.4 is 15.4 Å². The Hall–Kier alpha value is -1.56. The lowest BCUT2D eigenvalue weighted by molar-refractivity contribution is -0.133. The SMILES string of the molecule is Cc1ccc(OCCC(=O)NC2CNC(=O)CC23CCC3)c(Br)c1. The van der Waals surface area contributed by atoms with Crippen molar-refractivity contribution in [2.45, 2.75) is 45.1 Å². The largest absolute Gasteiger partial charge is 0.492 e. The number of ether oxygens (including phenoxy) is 1. The van der Waals surface area contributed by atoms with E-state index in [9.17, 15) is 9.59 Å². The second-order valence-electron chi connectivity index (χ2n) is 6.85. The van der Waals surface area contributed by atoms with Crippen LogP contribution in [0.2, 0.25) is 0 Å². The van der Waals surface area contributed by atoms with Gasteiger partial charge >= 0.3 is 0 Å². The van der Waals surface area contributed by atoms with Crippen LogP contribution in [0.25, 0.3) is 0 Å². The zero-order chi connectivity index (χ0) is 17.2. The number of carbonyl (C=O) groups excluding carboxylic acids is 2. The standard InChI is InChI=1S/C18H23BrN2O3/c1-12-3-4-14(13(19)9-12)24-8-5-16(22)21-15-11-20-17(23)10-18(15)6-2-7-18/h3-4,9,15H,2,5-8,10-11H2,1H3,(H,20,23)(H,21,22). The number of halogens is 1. The van der Waals surface area contributed by atoms with Crippen molar-refractivity contribution in [2.75, 3.05) is 13.2 Å². The summed E-state index contributed by atoms with van der Waals surface area (Å²) in [6.45, 7) is 2.88. The molecule has 1 spiro atoms. The maximum Gasteiger partial charge on any atom is 0.223 e. The van der Waals surface area contributed by atoms with Gasteiger partial charge in [-0.2, -0.15) is 0 Å². The summed E-state index contributed by atoms with van der Waals surface area (Å²) in [7, 11) is 0. The van der Waals surface area contributed by atoms with Crippen LogP contribution >= 0.6 is 15.9 Å². The average molecular weight is 395 g/mol. The predicted molar refractivity (Wildman–Crippen MR) is 94.8 cm³/mol. The van der Waals surface area contributed by atoms with Gasteiger partial charge in [0.15, 0.2) is 0 Å². The molecule has 1 aromatic carbocycles. The highest BCUT2D eigenvalue weighted by Crippen LogP contribution is 2.48. The van der Waals surface area contributed by atoms with Crippen LogP contribution in [0.1, 0.15) is 37.7 Å². The number of aryl methyl sites for hydroxylation is 1. The van der Waals surface area contributed by atoms with Gasteiger partial charge in [0.05, 0.1) is 23.5 Å². The van der Waals surface area contributed by atoms with Gasteiger partial charge in [-0.05, 0) is 53.4 Å². The van der Waals surface area contributed by atoms with Gasteiger partial charge in [0.1, 0.15) is 5.75 Å². The Labute approximate surface area is 150 Å². The minimum absolute atomic E-state index is 0.0150. The topological polar surface area (TPSA) is 67.4 Å². The van der Waals surface area contributed by atoms with Crippen LogP contribution in [0.3, 0.4) is 0 Å². The number of piperidine rings is 1. The molecule has 1 heterocycles. The molecule has 1 saturated heterocycles. The van der Waals surface area contributed by atoms with Crippen molar-refractivity contribution in [3.63, 3.8) is 0 Å². The summed E-state index contributed by atoms with van der Waals surface area (Å²) < 4.78 is 6.58. The van der Waals surface area contributed by atoms with E-state index in [2.05, 4.69) is 26.6 Å². The molecule has 130 valence electrons. The van der Waals surface area contributed by atoms with Crippen molar-refractivity contribution in [3.8, 4) is 5.75 Å². The molecule has 1 unspecified atom stereocenters. The number of amides is 2. The van der Waals surface area contributed by atoms with Gasteiger partial charge in [-0.15, -0.1) is 0 Å². The third-order valence-electron chi connectivity index (χ3n) is 5.11. The molecule has 1 aromatic rings. The molecule has 1 aliphatic carbocycles. The molecule has 0 bridgehead atoms. The first-order valence-corrected chi connectivity index (χ1v) is 9.23. The number of hydrogen-bond donors (Lipinski definition) is 2. The van der Waals surface area contributed by atoms with Crippen LogP contribution in [-0.4, -0.2) is 31.0 Å². The van der Waals surface area contributed by atoms with Crippen LogP contribution in [0, 0.1) is 12.3 Å². The number of benzene rings is 1. The van der Waals surface area contributed by atoms with Crippen molar-refractivity contribution in [2.24, 2.45) is 5.41 Å². The molecular formula is C18H23BrN2O3. The molecular weight excluding hydrogens is 372 g/mol. The molecule has 3 rings (SSSR count). The summed E-state index contributed by atoms with van der Waals surface area (Å²) in [5.74, 6) is 0.826. The summed E-state index contributed by atoms with van der Waals surface area (Å²) in [5, 5.41) is 5.96. The number of hydrogen-bond acceptors (Lipinski definition) is 3. The molecule has 2 N–H and O–H groups in total. The minimum atomic E-state index is -0.0225. The van der Waals surface area contributed by atoms with Crippen LogP contribution in [0.15, 0.2) is 22.7 Å². The first-order chi connectivity index (χ1) is 11.5. The summed E-state index contributed by atoms with van der Waals surface area (Å²) in [4.78, 5) is 23.9. The summed E-state index contributed by atoms with van der Waals surface area (Å²) in [5.41, 5.74) is 1.14. The van der Waals surface area contributed by atoms with Crippen LogP contribution in [0.5, 0.6) is 5.75 Å². The van der Waals surface area contributed by atoms with Crippen molar-refractivity contribution in [3.05, 3.63) is 28.2 Å². The summed E-state index contributed by atoms with van der Waals surface area (Å²) in [6, 6.07) is 5.91. The Morgan fingerprint density at radius 2 is 2.25 bits per heavy atom.